The molecular weight excluding hydrogens is 431 g/mol. The first-order valence-corrected chi connectivity index (χ1v) is 10.6. The van der Waals surface area contributed by atoms with Crippen molar-refractivity contribution in [2.24, 2.45) is 5.10 Å². The highest BCUT2D eigenvalue weighted by Crippen LogP contribution is 2.40. The second-order valence-corrected chi connectivity index (χ2v) is 8.63. The molecule has 0 saturated carbocycles. The van der Waals surface area contributed by atoms with Crippen molar-refractivity contribution >= 4 is 52.1 Å². The number of hydrogen-bond donors (Lipinski definition) is 0. The molecular formula is C21H21Cl3N4O. The van der Waals surface area contributed by atoms with E-state index in [9.17, 15) is 4.79 Å². The van der Waals surface area contributed by atoms with Crippen LogP contribution in [-0.4, -0.2) is 54.6 Å². The highest BCUT2D eigenvalue weighted by atomic mass is 35.5. The number of halogens is 3. The molecule has 8 heteroatoms. The van der Waals surface area contributed by atoms with Gasteiger partial charge in [0.1, 0.15) is 5.71 Å². The van der Waals surface area contributed by atoms with Crippen LogP contribution >= 0.6 is 34.8 Å². The van der Waals surface area contributed by atoms with Gasteiger partial charge < -0.3 is 9.80 Å². The van der Waals surface area contributed by atoms with Crippen LogP contribution in [0, 0.1) is 0 Å². The molecule has 4 rings (SSSR count). The number of nitrogens with zero attached hydrogens (tertiary/aromatic N) is 4. The fraction of sp³-hybridized carbons (Fsp3) is 0.333. The highest BCUT2D eigenvalue weighted by molar-refractivity contribution is 6.40. The molecule has 0 aromatic heterocycles. The van der Waals surface area contributed by atoms with Crippen LogP contribution in [0.5, 0.6) is 0 Å². The quantitative estimate of drug-likeness (QED) is 0.677. The van der Waals surface area contributed by atoms with Crippen LogP contribution in [0.25, 0.3) is 0 Å². The van der Waals surface area contributed by atoms with Crippen LogP contribution in [-0.2, 0) is 4.79 Å². The number of carbonyl (C=O) groups is 1. The van der Waals surface area contributed by atoms with Gasteiger partial charge in [-0.25, -0.2) is 0 Å². The third kappa shape index (κ3) is 4.38. The van der Waals surface area contributed by atoms with E-state index < -0.39 is 0 Å². The lowest BCUT2D eigenvalue weighted by Gasteiger charge is -2.32. The van der Waals surface area contributed by atoms with Gasteiger partial charge in [0.25, 0.3) is 5.91 Å². The van der Waals surface area contributed by atoms with Crippen molar-refractivity contribution in [2.75, 3.05) is 38.2 Å². The lowest BCUT2D eigenvalue weighted by Crippen LogP contribution is -2.49. The average molecular weight is 452 g/mol. The maximum absolute atomic E-state index is 13.1. The minimum Gasteiger partial charge on any atom is -0.335 e. The van der Waals surface area contributed by atoms with E-state index in [1.165, 1.54) is 0 Å². The number of carbonyl (C=O) groups excluding carboxylic acids is 1. The van der Waals surface area contributed by atoms with Gasteiger partial charge in [0.2, 0.25) is 0 Å². The first-order chi connectivity index (χ1) is 13.9. The number of piperazine rings is 1. The Bertz CT molecular complexity index is 939. The zero-order chi connectivity index (χ0) is 20.5. The lowest BCUT2D eigenvalue weighted by atomic mass is 10.0. The Kier molecular flexibility index (Phi) is 6.02. The van der Waals surface area contributed by atoms with E-state index in [2.05, 4.69) is 11.9 Å². The number of hydrogen-bond acceptors (Lipinski definition) is 4. The minimum atomic E-state index is -0.141. The summed E-state index contributed by atoms with van der Waals surface area (Å²) < 4.78 is 0. The Morgan fingerprint density at radius 1 is 0.966 bits per heavy atom. The third-order valence-corrected chi connectivity index (χ3v) is 6.15. The van der Waals surface area contributed by atoms with Crippen LogP contribution in [0.2, 0.25) is 15.1 Å². The second-order valence-electron chi connectivity index (χ2n) is 7.35. The predicted octanol–water partition coefficient (Wildman–Crippen LogP) is 4.73. The molecule has 5 nitrogen and oxygen atoms in total. The zero-order valence-corrected chi connectivity index (χ0v) is 18.3. The number of likely N-dealkylation sites (N-methyl/N-ethyl adjacent to an activating group) is 1. The minimum absolute atomic E-state index is 0.00958. The van der Waals surface area contributed by atoms with Gasteiger partial charge in [0, 0.05) is 42.6 Å². The van der Waals surface area contributed by atoms with Crippen LogP contribution in [0.1, 0.15) is 18.0 Å². The summed E-state index contributed by atoms with van der Waals surface area (Å²) in [5.41, 5.74) is 2.28. The van der Waals surface area contributed by atoms with E-state index in [-0.39, 0.29) is 11.9 Å². The standard InChI is InChI=1S/C21H21Cl3N4O/c1-26-8-10-27(11-9-26)21(29)18-13-20(14-2-4-15(22)5-3-14)28(25-18)19-7-6-16(23)12-17(19)24/h2-7,12,20H,8-11,13H2,1H3. The molecule has 1 amide bonds. The molecule has 0 N–H and O–H groups in total. The number of hydrazone groups is 1. The number of amides is 1. The van der Waals surface area contributed by atoms with E-state index in [1.54, 1.807) is 12.1 Å². The smallest absolute Gasteiger partial charge is 0.270 e. The van der Waals surface area contributed by atoms with Gasteiger partial charge in [-0.05, 0) is 42.9 Å². The van der Waals surface area contributed by atoms with Gasteiger partial charge in [-0.2, -0.15) is 5.10 Å². The van der Waals surface area contributed by atoms with Gasteiger partial charge >= 0.3 is 0 Å². The second kappa shape index (κ2) is 8.52. The first kappa shape index (κ1) is 20.5. The fourth-order valence-corrected chi connectivity index (χ4v) is 4.29. The summed E-state index contributed by atoms with van der Waals surface area (Å²) in [5.74, 6) is -0.00958. The molecule has 1 fully saturated rings. The molecule has 152 valence electrons. The molecule has 2 aromatic rings. The molecule has 2 aliphatic rings. The topological polar surface area (TPSA) is 39.1 Å². The van der Waals surface area contributed by atoms with E-state index in [4.69, 9.17) is 39.9 Å². The normalized spacial score (nSPS) is 20.1. The molecule has 1 saturated heterocycles. The summed E-state index contributed by atoms with van der Waals surface area (Å²) >= 11 is 18.6. The Morgan fingerprint density at radius 3 is 2.28 bits per heavy atom. The molecule has 1 unspecified atom stereocenters. The van der Waals surface area contributed by atoms with Crippen LogP contribution in [0.15, 0.2) is 47.6 Å². The molecule has 0 aliphatic carbocycles. The zero-order valence-electron chi connectivity index (χ0n) is 16.0. The average Bonchev–Trinajstić information content (AvgIpc) is 3.13. The monoisotopic (exact) mass is 450 g/mol. The van der Waals surface area contributed by atoms with Crippen molar-refractivity contribution < 1.29 is 4.79 Å². The van der Waals surface area contributed by atoms with Crippen LogP contribution < -0.4 is 5.01 Å². The van der Waals surface area contributed by atoms with Crippen molar-refractivity contribution in [1.82, 2.24) is 9.80 Å². The largest absolute Gasteiger partial charge is 0.335 e. The number of rotatable bonds is 3. The SMILES string of the molecule is CN1CCN(C(=O)C2=NN(c3ccc(Cl)cc3Cl)C(c3ccc(Cl)cc3)C2)CC1. The van der Waals surface area contributed by atoms with Crippen molar-refractivity contribution in [1.29, 1.82) is 0 Å². The number of benzene rings is 2. The predicted molar refractivity (Wildman–Crippen MR) is 119 cm³/mol. The molecule has 0 radical (unpaired) electrons. The van der Waals surface area contributed by atoms with Crippen LogP contribution in [0.3, 0.4) is 0 Å². The van der Waals surface area contributed by atoms with E-state index in [0.717, 1.165) is 24.3 Å². The number of anilines is 1. The van der Waals surface area contributed by atoms with Gasteiger partial charge in [-0.15, -0.1) is 0 Å². The molecule has 2 heterocycles. The maximum Gasteiger partial charge on any atom is 0.270 e. The third-order valence-electron chi connectivity index (χ3n) is 5.36. The van der Waals surface area contributed by atoms with E-state index in [1.807, 2.05) is 40.2 Å². The van der Waals surface area contributed by atoms with Gasteiger partial charge in [0.15, 0.2) is 0 Å². The summed E-state index contributed by atoms with van der Waals surface area (Å²) in [7, 11) is 2.07. The molecule has 1 atom stereocenters. The summed E-state index contributed by atoms with van der Waals surface area (Å²) in [6.07, 6.45) is 0.506. The van der Waals surface area contributed by atoms with Crippen molar-refractivity contribution in [3.8, 4) is 0 Å². The lowest BCUT2D eigenvalue weighted by molar-refractivity contribution is -0.125. The Balaban J connectivity index is 1.66. The van der Waals surface area contributed by atoms with Crippen molar-refractivity contribution in [2.45, 2.75) is 12.5 Å². The summed E-state index contributed by atoms with van der Waals surface area (Å²) in [5, 5.41) is 8.25. The molecule has 0 spiro atoms. The fourth-order valence-electron chi connectivity index (χ4n) is 3.67. The Hall–Kier alpha value is -1.79. The first-order valence-electron chi connectivity index (χ1n) is 9.47. The summed E-state index contributed by atoms with van der Waals surface area (Å²) in [6.45, 7) is 3.15. The summed E-state index contributed by atoms with van der Waals surface area (Å²) in [6, 6.07) is 12.8. The van der Waals surface area contributed by atoms with Crippen molar-refractivity contribution in [3.63, 3.8) is 0 Å². The van der Waals surface area contributed by atoms with E-state index in [0.29, 0.717) is 40.3 Å². The summed E-state index contributed by atoms with van der Waals surface area (Å²) in [4.78, 5) is 17.2. The van der Waals surface area contributed by atoms with Crippen molar-refractivity contribution in [3.05, 3.63) is 63.1 Å². The molecule has 29 heavy (non-hydrogen) atoms. The van der Waals surface area contributed by atoms with Crippen LogP contribution in [0.4, 0.5) is 5.69 Å². The Labute approximate surface area is 185 Å². The van der Waals surface area contributed by atoms with E-state index >= 15 is 0 Å². The molecule has 2 aromatic carbocycles. The van der Waals surface area contributed by atoms with Gasteiger partial charge in [-0.1, -0.05) is 46.9 Å². The Morgan fingerprint density at radius 2 is 1.62 bits per heavy atom. The molecule has 0 bridgehead atoms. The maximum atomic E-state index is 13.1. The molecule has 2 aliphatic heterocycles. The van der Waals surface area contributed by atoms with Gasteiger partial charge in [0.05, 0.1) is 16.8 Å². The van der Waals surface area contributed by atoms with Gasteiger partial charge in [-0.3, -0.25) is 9.80 Å². The highest BCUT2D eigenvalue weighted by Gasteiger charge is 2.35.